The molecule has 0 heterocycles. The molecule has 0 aliphatic rings. The normalized spacial score (nSPS) is 14.1. The number of hydrogen-bond acceptors (Lipinski definition) is 3. The highest BCUT2D eigenvalue weighted by molar-refractivity contribution is 9.10. The second-order valence-corrected chi connectivity index (χ2v) is 8.94. The van der Waals surface area contributed by atoms with E-state index in [9.17, 15) is 9.00 Å². The minimum Gasteiger partial charge on any atom is -0.462 e. The predicted octanol–water partition coefficient (Wildman–Crippen LogP) is 4.29. The van der Waals surface area contributed by atoms with E-state index in [1.165, 1.54) is 0 Å². The first-order valence-electron chi connectivity index (χ1n) is 7.46. The molecule has 4 nitrogen and oxygen atoms in total. The Bertz CT molecular complexity index is 596. The highest BCUT2D eigenvalue weighted by atomic mass is 79.9. The van der Waals surface area contributed by atoms with Crippen molar-refractivity contribution in [3.8, 4) is 0 Å². The number of hydrogen-bond donors (Lipinski definition) is 1. The Labute approximate surface area is 149 Å². The molecule has 0 aliphatic heterocycles. The fraction of sp³-hybridized carbons (Fsp3) is 0.471. The summed E-state index contributed by atoms with van der Waals surface area (Å²) in [6, 6.07) is 5.08. The fourth-order valence-corrected chi connectivity index (χ4v) is 3.14. The third-order valence-corrected chi connectivity index (χ3v) is 5.20. The minimum absolute atomic E-state index is 0.288. The van der Waals surface area contributed by atoms with Gasteiger partial charge in [0.15, 0.2) is 0 Å². The first-order chi connectivity index (χ1) is 10.7. The van der Waals surface area contributed by atoms with Crippen molar-refractivity contribution in [1.29, 1.82) is 0 Å². The van der Waals surface area contributed by atoms with E-state index in [1.807, 2.05) is 26.8 Å². The van der Waals surface area contributed by atoms with E-state index in [0.29, 0.717) is 18.6 Å². The van der Waals surface area contributed by atoms with Crippen molar-refractivity contribution in [2.45, 2.75) is 44.9 Å². The molecule has 1 rings (SSSR count). The molecule has 1 aromatic rings. The summed E-state index contributed by atoms with van der Waals surface area (Å²) in [5.41, 5.74) is 1.22. The lowest BCUT2D eigenvalue weighted by atomic mass is 9.98. The van der Waals surface area contributed by atoms with Crippen LogP contribution in [0.5, 0.6) is 0 Å². The van der Waals surface area contributed by atoms with E-state index in [2.05, 4.69) is 27.2 Å². The fourth-order valence-electron chi connectivity index (χ4n) is 1.93. The largest absolute Gasteiger partial charge is 0.462 e. The van der Waals surface area contributed by atoms with Gasteiger partial charge < -0.3 is 4.74 Å². The van der Waals surface area contributed by atoms with Crippen LogP contribution in [0.15, 0.2) is 35.3 Å². The van der Waals surface area contributed by atoms with Gasteiger partial charge in [-0.05, 0) is 57.9 Å². The molecular formula is C17H24BrNO3S. The Morgan fingerprint density at radius 2 is 2.13 bits per heavy atom. The van der Waals surface area contributed by atoms with Gasteiger partial charge in [0.05, 0.1) is 27.9 Å². The van der Waals surface area contributed by atoms with Gasteiger partial charge in [-0.15, -0.1) is 6.58 Å². The molecule has 0 aromatic heterocycles. The van der Waals surface area contributed by atoms with Crippen molar-refractivity contribution >= 4 is 32.9 Å². The maximum absolute atomic E-state index is 12.5. The number of esters is 1. The van der Waals surface area contributed by atoms with E-state index in [-0.39, 0.29) is 12.0 Å². The Balaban J connectivity index is 3.25. The lowest BCUT2D eigenvalue weighted by Crippen LogP contribution is -2.36. The smallest absolute Gasteiger partial charge is 0.338 e. The Morgan fingerprint density at radius 1 is 1.48 bits per heavy atom. The molecule has 0 amide bonds. The lowest BCUT2D eigenvalue weighted by Gasteiger charge is -2.25. The molecule has 0 fully saturated rings. The topological polar surface area (TPSA) is 55.4 Å². The van der Waals surface area contributed by atoms with Crippen LogP contribution in [0.1, 0.15) is 56.1 Å². The SMILES string of the molecule is C=CC[C@H](N[S@](=O)C(C)(C)C)c1cc(Br)ccc1C(=O)OCC. The number of carbonyl (C=O) groups is 1. The summed E-state index contributed by atoms with van der Waals surface area (Å²) >= 11 is 3.43. The summed E-state index contributed by atoms with van der Waals surface area (Å²) in [5, 5.41) is 0. The standard InChI is InChI=1S/C17H24BrNO3S/c1-6-8-15(19-23(21)17(3,4)5)14-11-12(18)9-10-13(14)16(20)22-7-2/h6,9-11,15,19H,1,7-8H2,2-5H3/t15-,23+/m0/s1. The Kier molecular flexibility index (Phi) is 7.64. The molecule has 0 bridgehead atoms. The zero-order valence-electron chi connectivity index (χ0n) is 14.0. The number of rotatable bonds is 7. The van der Waals surface area contributed by atoms with Crippen molar-refractivity contribution in [2.75, 3.05) is 6.61 Å². The average Bonchev–Trinajstić information content (AvgIpc) is 2.45. The van der Waals surface area contributed by atoms with E-state index in [4.69, 9.17) is 4.74 Å². The number of benzene rings is 1. The van der Waals surface area contributed by atoms with Crippen LogP contribution < -0.4 is 4.72 Å². The van der Waals surface area contributed by atoms with Crippen LogP contribution in [0.3, 0.4) is 0 Å². The molecule has 1 aromatic carbocycles. The van der Waals surface area contributed by atoms with Crippen molar-refractivity contribution in [2.24, 2.45) is 0 Å². The molecule has 2 atom stereocenters. The zero-order valence-corrected chi connectivity index (χ0v) is 16.4. The van der Waals surface area contributed by atoms with Gasteiger partial charge in [-0.2, -0.15) is 0 Å². The highest BCUT2D eigenvalue weighted by Gasteiger charge is 2.26. The zero-order chi connectivity index (χ0) is 17.6. The third kappa shape index (κ3) is 5.86. The summed E-state index contributed by atoms with van der Waals surface area (Å²) in [5.74, 6) is -0.382. The van der Waals surface area contributed by atoms with Crippen molar-refractivity contribution in [3.05, 3.63) is 46.5 Å². The van der Waals surface area contributed by atoms with Gasteiger partial charge in [0, 0.05) is 10.5 Å². The van der Waals surface area contributed by atoms with Gasteiger partial charge in [0.2, 0.25) is 0 Å². The van der Waals surface area contributed by atoms with Crippen LogP contribution >= 0.6 is 15.9 Å². The van der Waals surface area contributed by atoms with Gasteiger partial charge in [-0.25, -0.2) is 13.7 Å². The molecule has 0 saturated carbocycles. The Hall–Kier alpha value is -0.980. The summed E-state index contributed by atoms with van der Waals surface area (Å²) in [7, 11) is -1.27. The number of carbonyl (C=O) groups excluding carboxylic acids is 1. The van der Waals surface area contributed by atoms with Gasteiger partial charge in [0.25, 0.3) is 0 Å². The maximum Gasteiger partial charge on any atom is 0.338 e. The van der Waals surface area contributed by atoms with Crippen LogP contribution in [-0.4, -0.2) is 21.5 Å². The van der Waals surface area contributed by atoms with Crippen LogP contribution in [0.25, 0.3) is 0 Å². The van der Waals surface area contributed by atoms with Gasteiger partial charge in [-0.1, -0.05) is 22.0 Å². The Morgan fingerprint density at radius 3 is 2.65 bits per heavy atom. The minimum atomic E-state index is -1.27. The average molecular weight is 402 g/mol. The first-order valence-corrected chi connectivity index (χ1v) is 9.40. The first kappa shape index (κ1) is 20.1. The van der Waals surface area contributed by atoms with Crippen molar-refractivity contribution < 1.29 is 13.7 Å². The predicted molar refractivity (Wildman–Crippen MR) is 98.7 cm³/mol. The lowest BCUT2D eigenvalue weighted by molar-refractivity contribution is 0.0524. The molecule has 0 aliphatic carbocycles. The summed E-state index contributed by atoms with van der Waals surface area (Å²) in [6.07, 6.45) is 2.29. The van der Waals surface area contributed by atoms with Crippen molar-refractivity contribution in [3.63, 3.8) is 0 Å². The van der Waals surface area contributed by atoms with Crippen molar-refractivity contribution in [1.82, 2.24) is 4.72 Å². The highest BCUT2D eigenvalue weighted by Crippen LogP contribution is 2.27. The molecule has 0 saturated heterocycles. The maximum atomic E-state index is 12.5. The molecular weight excluding hydrogens is 378 g/mol. The molecule has 1 N–H and O–H groups in total. The number of ether oxygens (including phenoxy) is 1. The van der Waals surface area contributed by atoms with E-state index >= 15 is 0 Å². The second kappa shape index (κ2) is 8.76. The van der Waals surface area contributed by atoms with Gasteiger partial charge in [-0.3, -0.25) is 0 Å². The van der Waals surface area contributed by atoms with Crippen LogP contribution in [0.2, 0.25) is 0 Å². The molecule has 0 spiro atoms. The monoisotopic (exact) mass is 401 g/mol. The molecule has 0 radical (unpaired) electrons. The van der Waals surface area contributed by atoms with E-state index < -0.39 is 15.7 Å². The molecule has 0 unspecified atom stereocenters. The van der Waals surface area contributed by atoms with Crippen LogP contribution in [-0.2, 0) is 15.7 Å². The quantitative estimate of drug-likeness (QED) is 0.547. The summed E-state index contributed by atoms with van der Waals surface area (Å²) in [4.78, 5) is 12.2. The van der Waals surface area contributed by atoms with Crippen LogP contribution in [0, 0.1) is 0 Å². The van der Waals surface area contributed by atoms with E-state index in [1.54, 1.807) is 25.1 Å². The van der Waals surface area contributed by atoms with Crippen LogP contribution in [0.4, 0.5) is 0 Å². The number of halogens is 1. The molecule has 128 valence electrons. The third-order valence-electron chi connectivity index (χ3n) is 3.09. The van der Waals surface area contributed by atoms with E-state index in [0.717, 1.165) is 10.0 Å². The van der Waals surface area contributed by atoms with Gasteiger partial charge in [0.1, 0.15) is 0 Å². The number of nitrogens with one attached hydrogen (secondary N) is 1. The summed E-state index contributed by atoms with van der Waals surface area (Å²) in [6.45, 7) is 11.5. The van der Waals surface area contributed by atoms with Gasteiger partial charge >= 0.3 is 5.97 Å². The summed E-state index contributed by atoms with van der Waals surface area (Å²) < 4.78 is 21.1. The molecule has 23 heavy (non-hydrogen) atoms. The second-order valence-electron chi connectivity index (χ2n) is 6.03. The molecule has 6 heteroatoms.